The zero-order valence-corrected chi connectivity index (χ0v) is 13.2. The Hall–Kier alpha value is -2.80. The van der Waals surface area contributed by atoms with Crippen LogP contribution >= 0.6 is 12.2 Å². The molecule has 0 aliphatic rings. The van der Waals surface area contributed by atoms with Crippen molar-refractivity contribution < 1.29 is 9.72 Å². The van der Waals surface area contributed by atoms with Gasteiger partial charge in [0.25, 0.3) is 11.6 Å². The zero-order valence-electron chi connectivity index (χ0n) is 12.4. The van der Waals surface area contributed by atoms with E-state index in [1.54, 1.807) is 6.92 Å². The van der Waals surface area contributed by atoms with Gasteiger partial charge in [-0.25, -0.2) is 0 Å². The van der Waals surface area contributed by atoms with Crippen LogP contribution in [0.5, 0.6) is 0 Å². The van der Waals surface area contributed by atoms with Gasteiger partial charge in [-0.1, -0.05) is 36.4 Å². The molecule has 2 rings (SSSR count). The summed E-state index contributed by atoms with van der Waals surface area (Å²) in [6, 6.07) is 13.9. The molecule has 0 unspecified atom stereocenters. The van der Waals surface area contributed by atoms with Crippen LogP contribution in [-0.2, 0) is 6.54 Å². The van der Waals surface area contributed by atoms with E-state index in [0.717, 1.165) is 5.56 Å². The molecule has 0 bridgehead atoms. The van der Waals surface area contributed by atoms with Gasteiger partial charge in [0, 0.05) is 23.7 Å². The molecule has 6 nitrogen and oxygen atoms in total. The second kappa shape index (κ2) is 7.46. The smallest absolute Gasteiger partial charge is 0.273 e. The van der Waals surface area contributed by atoms with Gasteiger partial charge in [-0.05, 0) is 30.8 Å². The molecule has 0 aliphatic heterocycles. The van der Waals surface area contributed by atoms with Gasteiger partial charge in [0.1, 0.15) is 0 Å². The van der Waals surface area contributed by atoms with Crippen LogP contribution in [0.3, 0.4) is 0 Å². The number of nitro benzene ring substituents is 1. The molecule has 0 heterocycles. The van der Waals surface area contributed by atoms with E-state index in [-0.39, 0.29) is 16.4 Å². The molecule has 2 aromatic rings. The number of rotatable bonds is 4. The Morgan fingerprint density at radius 2 is 1.91 bits per heavy atom. The van der Waals surface area contributed by atoms with Gasteiger partial charge in [0.2, 0.25) is 0 Å². The van der Waals surface area contributed by atoms with Crippen molar-refractivity contribution in [2.24, 2.45) is 0 Å². The van der Waals surface area contributed by atoms with Crippen LogP contribution in [0, 0.1) is 17.0 Å². The lowest BCUT2D eigenvalue weighted by atomic mass is 10.1. The lowest BCUT2D eigenvalue weighted by molar-refractivity contribution is -0.385. The van der Waals surface area contributed by atoms with Crippen molar-refractivity contribution in [2.75, 3.05) is 0 Å². The first kappa shape index (κ1) is 16.6. The topological polar surface area (TPSA) is 84.3 Å². The third-order valence-corrected chi connectivity index (χ3v) is 3.44. The average Bonchev–Trinajstić information content (AvgIpc) is 2.54. The zero-order chi connectivity index (χ0) is 16.8. The molecule has 0 fully saturated rings. The number of nitrogens with one attached hydrogen (secondary N) is 2. The van der Waals surface area contributed by atoms with Crippen LogP contribution in [0.1, 0.15) is 21.5 Å². The molecular formula is C16H15N3O3S. The highest BCUT2D eigenvalue weighted by Gasteiger charge is 2.15. The molecule has 0 aromatic heterocycles. The second-order valence-electron chi connectivity index (χ2n) is 4.88. The molecule has 0 spiro atoms. The van der Waals surface area contributed by atoms with E-state index in [1.165, 1.54) is 18.2 Å². The molecule has 0 aliphatic carbocycles. The first-order valence-corrected chi connectivity index (χ1v) is 7.26. The third-order valence-electron chi connectivity index (χ3n) is 3.19. The lowest BCUT2D eigenvalue weighted by Gasteiger charge is -2.10. The number of aryl methyl sites for hydroxylation is 1. The highest BCUT2D eigenvalue weighted by atomic mass is 32.1. The van der Waals surface area contributed by atoms with Crippen molar-refractivity contribution in [3.05, 3.63) is 75.3 Å². The molecule has 23 heavy (non-hydrogen) atoms. The minimum Gasteiger partial charge on any atom is -0.358 e. The van der Waals surface area contributed by atoms with Crippen molar-refractivity contribution in [1.29, 1.82) is 0 Å². The van der Waals surface area contributed by atoms with Crippen LogP contribution < -0.4 is 10.6 Å². The number of nitrogens with zero attached hydrogens (tertiary/aromatic N) is 1. The maximum atomic E-state index is 12.1. The number of amides is 1. The van der Waals surface area contributed by atoms with Gasteiger partial charge in [-0.3, -0.25) is 20.2 Å². The number of thiocarbonyl (C=S) groups is 1. The van der Waals surface area contributed by atoms with Crippen LogP contribution in [0.2, 0.25) is 0 Å². The minimum atomic E-state index is -0.516. The number of carbonyl (C=O) groups is 1. The summed E-state index contributed by atoms with van der Waals surface area (Å²) in [6.07, 6.45) is 0. The fourth-order valence-electron chi connectivity index (χ4n) is 1.95. The Morgan fingerprint density at radius 3 is 2.57 bits per heavy atom. The van der Waals surface area contributed by atoms with Gasteiger partial charge < -0.3 is 5.32 Å². The van der Waals surface area contributed by atoms with Crippen LogP contribution in [0.4, 0.5) is 5.69 Å². The van der Waals surface area contributed by atoms with Crippen molar-refractivity contribution >= 4 is 28.9 Å². The Morgan fingerprint density at radius 1 is 1.22 bits per heavy atom. The molecule has 2 aromatic carbocycles. The fourth-order valence-corrected chi connectivity index (χ4v) is 2.11. The van der Waals surface area contributed by atoms with E-state index in [1.807, 2.05) is 30.3 Å². The molecule has 118 valence electrons. The van der Waals surface area contributed by atoms with E-state index in [2.05, 4.69) is 10.6 Å². The monoisotopic (exact) mass is 329 g/mol. The summed E-state index contributed by atoms with van der Waals surface area (Å²) in [5, 5.41) is 16.5. The second-order valence-corrected chi connectivity index (χ2v) is 5.29. The Labute approximate surface area is 138 Å². The molecule has 0 atom stereocenters. The standard InChI is InChI=1S/C16H15N3O3S/c1-11-7-8-13(9-14(11)19(21)22)15(20)18-16(23)17-10-12-5-3-2-4-6-12/h2-9H,10H2,1H3,(H2,17,18,20,23). The van der Waals surface area contributed by atoms with E-state index in [9.17, 15) is 14.9 Å². The molecule has 0 saturated carbocycles. The largest absolute Gasteiger partial charge is 0.358 e. The molecule has 0 radical (unpaired) electrons. The number of hydrogen-bond acceptors (Lipinski definition) is 4. The normalized spacial score (nSPS) is 9.96. The van der Waals surface area contributed by atoms with Crippen LogP contribution in [0.25, 0.3) is 0 Å². The van der Waals surface area contributed by atoms with E-state index in [0.29, 0.717) is 12.1 Å². The van der Waals surface area contributed by atoms with Crippen molar-refractivity contribution in [3.8, 4) is 0 Å². The number of carbonyl (C=O) groups excluding carboxylic acids is 1. The van der Waals surface area contributed by atoms with Crippen LogP contribution in [0.15, 0.2) is 48.5 Å². The minimum absolute atomic E-state index is 0.0965. The Bertz CT molecular complexity index is 747. The summed E-state index contributed by atoms with van der Waals surface area (Å²) < 4.78 is 0. The van der Waals surface area contributed by atoms with Crippen molar-refractivity contribution in [3.63, 3.8) is 0 Å². The highest BCUT2D eigenvalue weighted by molar-refractivity contribution is 7.80. The number of benzene rings is 2. The summed E-state index contributed by atoms with van der Waals surface area (Å²) >= 11 is 5.06. The fraction of sp³-hybridized carbons (Fsp3) is 0.125. The van der Waals surface area contributed by atoms with Crippen molar-refractivity contribution in [2.45, 2.75) is 13.5 Å². The van der Waals surface area contributed by atoms with Gasteiger partial charge in [-0.2, -0.15) is 0 Å². The summed E-state index contributed by atoms with van der Waals surface area (Å²) in [5.74, 6) is -0.487. The summed E-state index contributed by atoms with van der Waals surface area (Å²) in [6.45, 7) is 2.10. The predicted octanol–water partition coefficient (Wildman–Crippen LogP) is 2.71. The summed E-state index contributed by atoms with van der Waals surface area (Å²) in [7, 11) is 0. The predicted molar refractivity (Wildman–Crippen MR) is 91.2 cm³/mol. The summed E-state index contributed by atoms with van der Waals surface area (Å²) in [4.78, 5) is 22.5. The maximum Gasteiger partial charge on any atom is 0.273 e. The lowest BCUT2D eigenvalue weighted by Crippen LogP contribution is -2.38. The van der Waals surface area contributed by atoms with E-state index < -0.39 is 10.8 Å². The highest BCUT2D eigenvalue weighted by Crippen LogP contribution is 2.19. The van der Waals surface area contributed by atoms with E-state index >= 15 is 0 Å². The van der Waals surface area contributed by atoms with Gasteiger partial charge in [0.05, 0.1) is 4.92 Å². The number of nitro groups is 1. The maximum absolute atomic E-state index is 12.1. The quantitative estimate of drug-likeness (QED) is 0.512. The SMILES string of the molecule is Cc1ccc(C(=O)NC(=S)NCc2ccccc2)cc1[N+](=O)[O-]. The average molecular weight is 329 g/mol. The van der Waals surface area contributed by atoms with Gasteiger partial charge >= 0.3 is 0 Å². The molecule has 2 N–H and O–H groups in total. The van der Waals surface area contributed by atoms with Gasteiger partial charge in [-0.15, -0.1) is 0 Å². The van der Waals surface area contributed by atoms with Gasteiger partial charge in [0.15, 0.2) is 5.11 Å². The Balaban J connectivity index is 1.97. The molecule has 1 amide bonds. The Kier molecular flexibility index (Phi) is 5.37. The molecule has 0 saturated heterocycles. The molecule has 7 heteroatoms. The van der Waals surface area contributed by atoms with E-state index in [4.69, 9.17) is 12.2 Å². The van der Waals surface area contributed by atoms with Crippen LogP contribution in [-0.4, -0.2) is 15.9 Å². The third kappa shape index (κ3) is 4.58. The number of hydrogen-bond donors (Lipinski definition) is 2. The molecular weight excluding hydrogens is 314 g/mol. The summed E-state index contributed by atoms with van der Waals surface area (Å²) in [5.41, 5.74) is 1.61. The first-order valence-electron chi connectivity index (χ1n) is 6.85. The first-order chi connectivity index (χ1) is 11.0. The van der Waals surface area contributed by atoms with Crippen molar-refractivity contribution in [1.82, 2.24) is 10.6 Å².